The molecule has 1 aliphatic heterocycles. The fourth-order valence-corrected chi connectivity index (χ4v) is 2.62. The molecule has 0 amide bonds. The molecule has 1 aromatic carbocycles. The molecule has 1 fully saturated rings. The van der Waals surface area contributed by atoms with Gasteiger partial charge in [-0.05, 0) is 43.6 Å². The van der Waals surface area contributed by atoms with Crippen molar-refractivity contribution < 1.29 is 4.39 Å². The summed E-state index contributed by atoms with van der Waals surface area (Å²) in [7, 11) is 0. The van der Waals surface area contributed by atoms with Gasteiger partial charge in [-0.2, -0.15) is 5.26 Å². The predicted molar refractivity (Wildman–Crippen MR) is 73.1 cm³/mol. The van der Waals surface area contributed by atoms with Crippen LogP contribution in [0.3, 0.4) is 0 Å². The van der Waals surface area contributed by atoms with Crippen LogP contribution in [0, 0.1) is 17.1 Å². The van der Waals surface area contributed by atoms with Crippen LogP contribution in [-0.4, -0.2) is 30.6 Å². The average molecular weight is 261 g/mol. The largest absolute Gasteiger partial charge is 0.315 e. The Kier molecular flexibility index (Phi) is 4.89. The lowest BCUT2D eigenvalue weighted by Crippen LogP contribution is -2.36. The molecule has 4 heteroatoms. The summed E-state index contributed by atoms with van der Waals surface area (Å²) < 4.78 is 13.3. The van der Waals surface area contributed by atoms with Crippen molar-refractivity contribution in [1.82, 2.24) is 10.2 Å². The zero-order valence-corrected chi connectivity index (χ0v) is 11.3. The Bertz CT molecular complexity index is 461. The molecule has 1 N–H and O–H groups in total. The van der Waals surface area contributed by atoms with Gasteiger partial charge >= 0.3 is 0 Å². The first-order valence-corrected chi connectivity index (χ1v) is 6.88. The third-order valence-electron chi connectivity index (χ3n) is 3.60. The molecular weight excluding hydrogens is 241 g/mol. The maximum Gasteiger partial charge on any atom is 0.140 e. The van der Waals surface area contributed by atoms with Crippen molar-refractivity contribution in [2.75, 3.05) is 19.6 Å². The molecule has 1 heterocycles. The van der Waals surface area contributed by atoms with Crippen molar-refractivity contribution >= 4 is 0 Å². The first-order chi connectivity index (χ1) is 9.24. The minimum atomic E-state index is -0.434. The van der Waals surface area contributed by atoms with Gasteiger partial charge in [0.25, 0.3) is 0 Å². The topological polar surface area (TPSA) is 39.1 Å². The molecule has 1 unspecified atom stereocenters. The van der Waals surface area contributed by atoms with Crippen LogP contribution in [0.2, 0.25) is 0 Å². The summed E-state index contributed by atoms with van der Waals surface area (Å²) in [6.07, 6.45) is 2.26. The summed E-state index contributed by atoms with van der Waals surface area (Å²) in [4.78, 5) is 2.42. The van der Waals surface area contributed by atoms with Crippen LogP contribution < -0.4 is 5.32 Å². The lowest BCUT2D eigenvalue weighted by molar-refractivity contribution is 0.199. The normalized spacial score (nSPS) is 18.7. The monoisotopic (exact) mass is 261 g/mol. The molecule has 1 saturated heterocycles. The Morgan fingerprint density at radius 1 is 1.53 bits per heavy atom. The van der Waals surface area contributed by atoms with Crippen LogP contribution in [0.4, 0.5) is 4.39 Å². The van der Waals surface area contributed by atoms with Gasteiger partial charge in [-0.1, -0.05) is 13.0 Å². The summed E-state index contributed by atoms with van der Waals surface area (Å²) in [6.45, 7) is 6.07. The number of nitrogens with one attached hydrogen (secondary N) is 1. The molecule has 1 aromatic rings. The highest BCUT2D eigenvalue weighted by atomic mass is 19.1. The zero-order chi connectivity index (χ0) is 13.7. The van der Waals surface area contributed by atoms with E-state index in [1.165, 1.54) is 6.07 Å². The quantitative estimate of drug-likeness (QED) is 0.883. The van der Waals surface area contributed by atoms with E-state index in [1.807, 2.05) is 6.07 Å². The van der Waals surface area contributed by atoms with Crippen LogP contribution in [0.15, 0.2) is 18.2 Å². The Balaban J connectivity index is 2.10. The van der Waals surface area contributed by atoms with Crippen LogP contribution in [0.5, 0.6) is 0 Å². The van der Waals surface area contributed by atoms with E-state index in [-0.39, 0.29) is 5.56 Å². The van der Waals surface area contributed by atoms with Gasteiger partial charge in [0.15, 0.2) is 0 Å². The van der Waals surface area contributed by atoms with Crippen LogP contribution in [0.25, 0.3) is 0 Å². The SMILES string of the molecule is CCCN(Cc1ccc(F)c(C#N)c1)C1CCNC1. The van der Waals surface area contributed by atoms with Crippen molar-refractivity contribution in [1.29, 1.82) is 5.26 Å². The molecule has 102 valence electrons. The maximum atomic E-state index is 13.3. The predicted octanol–water partition coefficient (Wildman–Crippen LogP) is 2.27. The van der Waals surface area contributed by atoms with E-state index in [4.69, 9.17) is 5.26 Å². The minimum Gasteiger partial charge on any atom is -0.315 e. The van der Waals surface area contributed by atoms with Gasteiger partial charge in [0, 0.05) is 19.1 Å². The molecule has 2 rings (SSSR count). The number of hydrogen-bond acceptors (Lipinski definition) is 3. The van der Waals surface area contributed by atoms with E-state index in [0.717, 1.165) is 44.6 Å². The highest BCUT2D eigenvalue weighted by molar-refractivity contribution is 5.34. The Hall–Kier alpha value is -1.44. The number of rotatable bonds is 5. The van der Waals surface area contributed by atoms with E-state index in [9.17, 15) is 4.39 Å². The van der Waals surface area contributed by atoms with E-state index in [2.05, 4.69) is 17.1 Å². The summed E-state index contributed by atoms with van der Waals surface area (Å²) in [6, 6.07) is 7.30. The van der Waals surface area contributed by atoms with E-state index < -0.39 is 5.82 Å². The first-order valence-electron chi connectivity index (χ1n) is 6.88. The number of benzene rings is 1. The standard InChI is InChI=1S/C15H20FN3/c1-2-7-19(14-5-6-18-10-14)11-12-3-4-15(16)13(8-12)9-17/h3-4,8,14,18H,2,5-7,10-11H2,1H3. The van der Waals surface area contributed by atoms with Crippen LogP contribution in [0.1, 0.15) is 30.9 Å². The van der Waals surface area contributed by atoms with Crippen molar-refractivity contribution in [3.05, 3.63) is 35.1 Å². The van der Waals surface area contributed by atoms with E-state index >= 15 is 0 Å². The smallest absolute Gasteiger partial charge is 0.140 e. The molecule has 0 saturated carbocycles. The first kappa shape index (κ1) is 14.0. The van der Waals surface area contributed by atoms with Gasteiger partial charge < -0.3 is 5.32 Å². The van der Waals surface area contributed by atoms with Crippen molar-refractivity contribution in [2.24, 2.45) is 0 Å². The average Bonchev–Trinajstić information content (AvgIpc) is 2.94. The molecule has 0 aliphatic carbocycles. The zero-order valence-electron chi connectivity index (χ0n) is 11.3. The summed E-state index contributed by atoms with van der Waals surface area (Å²) in [5.74, 6) is -0.434. The maximum absolute atomic E-state index is 13.3. The van der Waals surface area contributed by atoms with Gasteiger partial charge in [-0.3, -0.25) is 4.90 Å². The lowest BCUT2D eigenvalue weighted by Gasteiger charge is -2.28. The van der Waals surface area contributed by atoms with Gasteiger partial charge in [0.1, 0.15) is 11.9 Å². The highest BCUT2D eigenvalue weighted by Crippen LogP contribution is 2.16. The number of nitriles is 1. The summed E-state index contributed by atoms with van der Waals surface area (Å²) >= 11 is 0. The van der Waals surface area contributed by atoms with Gasteiger partial charge in [-0.25, -0.2) is 4.39 Å². The van der Waals surface area contributed by atoms with Crippen molar-refractivity contribution in [3.63, 3.8) is 0 Å². The Morgan fingerprint density at radius 2 is 2.37 bits per heavy atom. The Labute approximate surface area is 114 Å². The second-order valence-electron chi connectivity index (χ2n) is 5.04. The van der Waals surface area contributed by atoms with Crippen molar-refractivity contribution in [3.8, 4) is 6.07 Å². The van der Waals surface area contributed by atoms with Gasteiger partial charge in [0.2, 0.25) is 0 Å². The molecular formula is C15H20FN3. The van der Waals surface area contributed by atoms with E-state index in [0.29, 0.717) is 6.04 Å². The molecule has 1 aliphatic rings. The summed E-state index contributed by atoms with van der Waals surface area (Å²) in [5, 5.41) is 12.3. The van der Waals surface area contributed by atoms with Crippen LogP contribution in [-0.2, 0) is 6.54 Å². The number of hydrogen-bond donors (Lipinski definition) is 1. The van der Waals surface area contributed by atoms with Crippen LogP contribution >= 0.6 is 0 Å². The molecule has 0 bridgehead atoms. The fraction of sp³-hybridized carbons (Fsp3) is 0.533. The lowest BCUT2D eigenvalue weighted by atomic mass is 10.1. The minimum absolute atomic E-state index is 0.137. The third kappa shape index (κ3) is 3.52. The van der Waals surface area contributed by atoms with Gasteiger partial charge in [-0.15, -0.1) is 0 Å². The third-order valence-corrected chi connectivity index (χ3v) is 3.60. The van der Waals surface area contributed by atoms with Crippen molar-refractivity contribution in [2.45, 2.75) is 32.4 Å². The molecule has 1 atom stereocenters. The molecule has 3 nitrogen and oxygen atoms in total. The second-order valence-corrected chi connectivity index (χ2v) is 5.04. The molecule has 0 radical (unpaired) electrons. The number of nitrogens with zero attached hydrogens (tertiary/aromatic N) is 2. The molecule has 0 aromatic heterocycles. The second kappa shape index (κ2) is 6.65. The van der Waals surface area contributed by atoms with Gasteiger partial charge in [0.05, 0.1) is 5.56 Å². The Morgan fingerprint density at radius 3 is 3.00 bits per heavy atom. The molecule has 19 heavy (non-hydrogen) atoms. The highest BCUT2D eigenvalue weighted by Gasteiger charge is 2.21. The number of halogens is 1. The fourth-order valence-electron chi connectivity index (χ4n) is 2.62. The molecule has 0 spiro atoms. The summed E-state index contributed by atoms with van der Waals surface area (Å²) in [5.41, 5.74) is 1.15. The van der Waals surface area contributed by atoms with E-state index in [1.54, 1.807) is 12.1 Å².